The number of amides is 2. The number of aryl methyl sites for hydroxylation is 2. The number of primary amides is 1. The van der Waals surface area contributed by atoms with Gasteiger partial charge in [0.15, 0.2) is 0 Å². The van der Waals surface area contributed by atoms with Crippen molar-refractivity contribution in [1.29, 1.82) is 0 Å². The Kier molecular flexibility index (Phi) is 3.76. The van der Waals surface area contributed by atoms with Crippen LogP contribution in [0.4, 0.5) is 5.69 Å². The number of aromatic nitrogens is 2. The highest BCUT2D eigenvalue weighted by molar-refractivity contribution is 6.34. The third kappa shape index (κ3) is 2.65. The van der Waals surface area contributed by atoms with Gasteiger partial charge in [-0.05, 0) is 32.0 Å². The molecular formula is C13H13ClN4O2. The molecule has 7 heteroatoms. The standard InChI is InChI=1S/C13H13ClN4O2/c1-6-11(7(2)18-17-6)13(20)16-10-5-8(12(15)19)3-4-9(10)14/h3-5H,1-2H3,(H2,15,19)(H,16,20)(H,17,18). The van der Waals surface area contributed by atoms with E-state index in [0.717, 1.165) is 0 Å². The third-order valence-electron chi connectivity index (χ3n) is 2.85. The van der Waals surface area contributed by atoms with Gasteiger partial charge in [0.05, 0.1) is 22.0 Å². The Morgan fingerprint density at radius 3 is 2.60 bits per heavy atom. The number of halogens is 1. The number of hydrogen-bond donors (Lipinski definition) is 3. The summed E-state index contributed by atoms with van der Waals surface area (Å²) in [6, 6.07) is 4.44. The van der Waals surface area contributed by atoms with Gasteiger partial charge in [-0.15, -0.1) is 0 Å². The van der Waals surface area contributed by atoms with Crippen LogP contribution in [0.5, 0.6) is 0 Å². The number of aromatic amines is 1. The van der Waals surface area contributed by atoms with Crippen LogP contribution in [-0.4, -0.2) is 22.0 Å². The molecule has 6 nitrogen and oxygen atoms in total. The molecule has 1 heterocycles. The summed E-state index contributed by atoms with van der Waals surface area (Å²) in [6.07, 6.45) is 0. The molecule has 0 aliphatic heterocycles. The molecule has 0 fully saturated rings. The summed E-state index contributed by atoms with van der Waals surface area (Å²) in [6.45, 7) is 3.47. The van der Waals surface area contributed by atoms with Gasteiger partial charge in [0.25, 0.3) is 5.91 Å². The first-order valence-corrected chi connectivity index (χ1v) is 6.20. The molecule has 0 saturated carbocycles. The minimum Gasteiger partial charge on any atom is -0.366 e. The smallest absolute Gasteiger partial charge is 0.259 e. The average Bonchev–Trinajstić information content (AvgIpc) is 2.71. The van der Waals surface area contributed by atoms with E-state index in [1.54, 1.807) is 13.8 Å². The lowest BCUT2D eigenvalue weighted by molar-refractivity contribution is 0.0996. The highest BCUT2D eigenvalue weighted by atomic mass is 35.5. The molecule has 2 rings (SSSR count). The number of hydrogen-bond acceptors (Lipinski definition) is 3. The fraction of sp³-hybridized carbons (Fsp3) is 0.154. The van der Waals surface area contributed by atoms with Crippen LogP contribution in [0.15, 0.2) is 18.2 Å². The Hall–Kier alpha value is -2.34. The number of carbonyl (C=O) groups excluding carboxylic acids is 2. The quantitative estimate of drug-likeness (QED) is 0.806. The van der Waals surface area contributed by atoms with Crippen molar-refractivity contribution in [1.82, 2.24) is 10.2 Å². The SMILES string of the molecule is Cc1n[nH]c(C)c1C(=O)Nc1cc(C(N)=O)ccc1Cl. The second-order valence-corrected chi connectivity index (χ2v) is 4.73. The summed E-state index contributed by atoms with van der Waals surface area (Å²) in [7, 11) is 0. The maximum absolute atomic E-state index is 12.2. The van der Waals surface area contributed by atoms with E-state index in [4.69, 9.17) is 17.3 Å². The second-order valence-electron chi connectivity index (χ2n) is 4.32. The fourth-order valence-corrected chi connectivity index (χ4v) is 2.01. The molecule has 0 bridgehead atoms. The first-order valence-electron chi connectivity index (χ1n) is 5.82. The maximum atomic E-state index is 12.2. The fourth-order valence-electron chi connectivity index (χ4n) is 1.84. The van der Waals surface area contributed by atoms with E-state index in [-0.39, 0.29) is 11.5 Å². The first-order chi connectivity index (χ1) is 9.40. The van der Waals surface area contributed by atoms with Gasteiger partial charge in [-0.1, -0.05) is 11.6 Å². The molecule has 4 N–H and O–H groups in total. The predicted octanol–water partition coefficient (Wildman–Crippen LogP) is 2.03. The molecule has 1 aromatic carbocycles. The monoisotopic (exact) mass is 292 g/mol. The normalized spacial score (nSPS) is 10.3. The zero-order chi connectivity index (χ0) is 14.9. The Balaban J connectivity index is 2.33. The largest absolute Gasteiger partial charge is 0.366 e. The van der Waals surface area contributed by atoms with Crippen molar-refractivity contribution in [2.24, 2.45) is 5.73 Å². The zero-order valence-corrected chi connectivity index (χ0v) is 11.7. The van der Waals surface area contributed by atoms with Crippen LogP contribution in [-0.2, 0) is 0 Å². The van der Waals surface area contributed by atoms with E-state index >= 15 is 0 Å². The van der Waals surface area contributed by atoms with Crippen molar-refractivity contribution in [2.45, 2.75) is 13.8 Å². The minimum atomic E-state index is -0.590. The van der Waals surface area contributed by atoms with Crippen LogP contribution < -0.4 is 11.1 Å². The minimum absolute atomic E-state index is 0.269. The van der Waals surface area contributed by atoms with Crippen LogP contribution >= 0.6 is 11.6 Å². The second kappa shape index (κ2) is 5.34. The molecule has 104 valence electrons. The molecule has 0 aliphatic carbocycles. The van der Waals surface area contributed by atoms with Gasteiger partial charge in [0, 0.05) is 11.3 Å². The van der Waals surface area contributed by atoms with Gasteiger partial charge in [-0.2, -0.15) is 5.10 Å². The van der Waals surface area contributed by atoms with Crippen molar-refractivity contribution in [3.05, 3.63) is 45.7 Å². The van der Waals surface area contributed by atoms with Gasteiger partial charge in [-0.3, -0.25) is 14.7 Å². The van der Waals surface area contributed by atoms with Gasteiger partial charge < -0.3 is 11.1 Å². The average molecular weight is 293 g/mol. The molecule has 0 atom stereocenters. The van der Waals surface area contributed by atoms with Crippen LogP contribution in [0.3, 0.4) is 0 Å². The molecule has 20 heavy (non-hydrogen) atoms. The van der Waals surface area contributed by atoms with Crippen molar-refractivity contribution in [3.63, 3.8) is 0 Å². The van der Waals surface area contributed by atoms with Gasteiger partial charge in [0.2, 0.25) is 5.91 Å². The van der Waals surface area contributed by atoms with Crippen LogP contribution in [0, 0.1) is 13.8 Å². The van der Waals surface area contributed by atoms with Crippen molar-refractivity contribution >= 4 is 29.1 Å². The zero-order valence-electron chi connectivity index (χ0n) is 11.0. The van der Waals surface area contributed by atoms with Crippen molar-refractivity contribution in [3.8, 4) is 0 Å². The molecule has 2 aromatic rings. The summed E-state index contributed by atoms with van der Waals surface area (Å²) in [5, 5.41) is 9.66. The van der Waals surface area contributed by atoms with Crippen molar-refractivity contribution < 1.29 is 9.59 Å². The first kappa shape index (κ1) is 14.1. The Morgan fingerprint density at radius 2 is 2.05 bits per heavy atom. The van der Waals surface area contributed by atoms with E-state index in [0.29, 0.717) is 27.7 Å². The number of carbonyl (C=O) groups is 2. The molecule has 0 saturated heterocycles. The lowest BCUT2D eigenvalue weighted by Gasteiger charge is -2.08. The van der Waals surface area contributed by atoms with Gasteiger partial charge in [-0.25, -0.2) is 0 Å². The molecule has 2 amide bonds. The topological polar surface area (TPSA) is 101 Å². The number of rotatable bonds is 3. The Bertz CT molecular complexity index is 674. The third-order valence-corrected chi connectivity index (χ3v) is 3.18. The van der Waals surface area contributed by atoms with E-state index in [9.17, 15) is 9.59 Å². The van der Waals surface area contributed by atoms with E-state index in [1.807, 2.05) is 0 Å². The maximum Gasteiger partial charge on any atom is 0.259 e. The van der Waals surface area contributed by atoms with E-state index < -0.39 is 5.91 Å². The van der Waals surface area contributed by atoms with E-state index in [2.05, 4.69) is 15.5 Å². The Morgan fingerprint density at radius 1 is 1.35 bits per heavy atom. The van der Waals surface area contributed by atoms with Crippen LogP contribution in [0.1, 0.15) is 32.1 Å². The van der Waals surface area contributed by atoms with Crippen molar-refractivity contribution in [2.75, 3.05) is 5.32 Å². The number of nitrogens with two attached hydrogens (primary N) is 1. The number of nitrogens with zero attached hydrogens (tertiary/aromatic N) is 1. The predicted molar refractivity (Wildman–Crippen MR) is 76.0 cm³/mol. The lowest BCUT2D eigenvalue weighted by Crippen LogP contribution is -2.16. The number of benzene rings is 1. The van der Waals surface area contributed by atoms with Crippen LogP contribution in [0.25, 0.3) is 0 Å². The molecule has 1 aromatic heterocycles. The summed E-state index contributed by atoms with van der Waals surface area (Å²) in [5.41, 5.74) is 7.48. The molecular weight excluding hydrogens is 280 g/mol. The number of H-pyrrole nitrogens is 1. The van der Waals surface area contributed by atoms with E-state index in [1.165, 1.54) is 18.2 Å². The summed E-state index contributed by atoms with van der Waals surface area (Å²) in [5.74, 6) is -0.940. The highest BCUT2D eigenvalue weighted by Crippen LogP contribution is 2.24. The number of anilines is 1. The summed E-state index contributed by atoms with van der Waals surface area (Å²) in [4.78, 5) is 23.3. The lowest BCUT2D eigenvalue weighted by atomic mass is 10.1. The number of nitrogens with one attached hydrogen (secondary N) is 2. The molecule has 0 aliphatic rings. The van der Waals surface area contributed by atoms with Crippen LogP contribution in [0.2, 0.25) is 5.02 Å². The molecule has 0 unspecified atom stereocenters. The summed E-state index contributed by atoms with van der Waals surface area (Å²) < 4.78 is 0. The highest BCUT2D eigenvalue weighted by Gasteiger charge is 2.17. The molecule has 0 spiro atoms. The van der Waals surface area contributed by atoms with Gasteiger partial charge >= 0.3 is 0 Å². The summed E-state index contributed by atoms with van der Waals surface area (Å²) >= 11 is 6.00. The molecule has 0 radical (unpaired) electrons. The van der Waals surface area contributed by atoms with Gasteiger partial charge in [0.1, 0.15) is 0 Å². The Labute approximate surface area is 120 Å².